The van der Waals surface area contributed by atoms with Crippen LogP contribution in [0, 0.1) is 0 Å². The molecule has 18 heavy (non-hydrogen) atoms. The Kier molecular flexibility index (Phi) is 4.47. The van der Waals surface area contributed by atoms with Gasteiger partial charge in [-0.1, -0.05) is 23.7 Å². The van der Waals surface area contributed by atoms with E-state index in [1.165, 1.54) is 0 Å². The van der Waals surface area contributed by atoms with E-state index in [-0.39, 0.29) is 6.61 Å². The van der Waals surface area contributed by atoms with Crippen LogP contribution in [-0.2, 0) is 12.4 Å². The molecule has 0 aliphatic carbocycles. The topological polar surface area (TPSA) is 59.1 Å². The summed E-state index contributed by atoms with van der Waals surface area (Å²) in [6, 6.07) is 11.2. The van der Waals surface area contributed by atoms with Gasteiger partial charge in [0, 0.05) is 10.6 Å². The third-order valence-electron chi connectivity index (χ3n) is 2.42. The first-order chi connectivity index (χ1) is 8.69. The highest BCUT2D eigenvalue weighted by atomic mass is 35.5. The number of nitrogens with two attached hydrogens (primary N) is 1. The van der Waals surface area contributed by atoms with Crippen molar-refractivity contribution in [2.24, 2.45) is 0 Å². The summed E-state index contributed by atoms with van der Waals surface area (Å²) in [5.41, 5.74) is 7.31. The van der Waals surface area contributed by atoms with Crippen LogP contribution in [0.5, 0.6) is 0 Å². The Hall–Kier alpha value is -1.23. The maximum Gasteiger partial charge on any atom is 0.123 e. The number of pyridine rings is 1. The van der Waals surface area contributed by atoms with E-state index in [4.69, 9.17) is 22.4 Å². The molecule has 2 aromatic rings. The molecule has 0 spiro atoms. The summed E-state index contributed by atoms with van der Waals surface area (Å²) in [5.74, 6) is 1.15. The molecule has 0 saturated carbocycles. The van der Waals surface area contributed by atoms with Gasteiger partial charge in [-0.2, -0.15) is 0 Å². The van der Waals surface area contributed by atoms with Crippen molar-refractivity contribution in [3.8, 4) is 0 Å². The molecule has 94 valence electrons. The lowest BCUT2D eigenvalue weighted by atomic mass is 10.2. The molecule has 0 unspecified atom stereocenters. The maximum atomic E-state index is 8.96. The standard InChI is InChI=1S/C13H13ClN2OS/c14-11-5-6-13(15)16-12(11)8-18-10-3-1-9(7-17)2-4-10/h1-6,17H,7-8H2,(H2,15,16). The van der Waals surface area contributed by atoms with Crippen molar-refractivity contribution < 1.29 is 5.11 Å². The van der Waals surface area contributed by atoms with Crippen LogP contribution in [0.15, 0.2) is 41.3 Å². The number of aromatic nitrogens is 1. The number of nitrogen functional groups attached to an aromatic ring is 1. The Labute approximate surface area is 115 Å². The number of thioether (sulfide) groups is 1. The van der Waals surface area contributed by atoms with Crippen LogP contribution < -0.4 is 5.73 Å². The lowest BCUT2D eigenvalue weighted by Crippen LogP contribution is -1.95. The fourth-order valence-corrected chi connectivity index (χ4v) is 2.55. The Bertz CT molecular complexity index is 531. The third kappa shape index (κ3) is 3.38. The number of nitrogens with zero attached hydrogens (tertiary/aromatic N) is 1. The number of anilines is 1. The van der Waals surface area contributed by atoms with Gasteiger partial charge in [0.15, 0.2) is 0 Å². The molecule has 3 nitrogen and oxygen atoms in total. The summed E-state index contributed by atoms with van der Waals surface area (Å²) >= 11 is 7.68. The number of halogens is 1. The van der Waals surface area contributed by atoms with Crippen molar-refractivity contribution in [3.63, 3.8) is 0 Å². The molecule has 0 bridgehead atoms. The first-order valence-corrected chi connectivity index (χ1v) is 6.79. The molecular formula is C13H13ClN2OS. The number of aliphatic hydroxyl groups is 1. The highest BCUT2D eigenvalue weighted by molar-refractivity contribution is 7.98. The van der Waals surface area contributed by atoms with Crippen molar-refractivity contribution in [1.29, 1.82) is 0 Å². The van der Waals surface area contributed by atoms with E-state index in [2.05, 4.69) is 4.98 Å². The van der Waals surface area contributed by atoms with E-state index in [0.29, 0.717) is 16.6 Å². The largest absolute Gasteiger partial charge is 0.392 e. The fourth-order valence-electron chi connectivity index (χ4n) is 1.45. The van der Waals surface area contributed by atoms with Gasteiger partial charge >= 0.3 is 0 Å². The number of aliphatic hydroxyl groups excluding tert-OH is 1. The molecule has 0 aliphatic heterocycles. The minimum atomic E-state index is 0.0630. The molecule has 0 radical (unpaired) electrons. The summed E-state index contributed by atoms with van der Waals surface area (Å²) in [5, 5.41) is 9.58. The quantitative estimate of drug-likeness (QED) is 0.845. The molecule has 2 rings (SSSR count). The number of hydrogen-bond donors (Lipinski definition) is 2. The summed E-state index contributed by atoms with van der Waals surface area (Å²) in [6.07, 6.45) is 0. The van der Waals surface area contributed by atoms with Gasteiger partial charge in [-0.25, -0.2) is 4.98 Å². The van der Waals surface area contributed by atoms with Crippen LogP contribution in [0.1, 0.15) is 11.3 Å². The van der Waals surface area contributed by atoms with Gasteiger partial charge in [0.2, 0.25) is 0 Å². The SMILES string of the molecule is Nc1ccc(Cl)c(CSc2ccc(CO)cc2)n1. The predicted molar refractivity (Wildman–Crippen MR) is 75.6 cm³/mol. The lowest BCUT2D eigenvalue weighted by Gasteiger charge is -2.05. The van der Waals surface area contributed by atoms with Gasteiger partial charge in [-0.3, -0.25) is 0 Å². The number of hydrogen-bond acceptors (Lipinski definition) is 4. The fraction of sp³-hybridized carbons (Fsp3) is 0.154. The van der Waals surface area contributed by atoms with Crippen LogP contribution >= 0.6 is 23.4 Å². The monoisotopic (exact) mass is 280 g/mol. The second kappa shape index (κ2) is 6.09. The number of rotatable bonds is 4. The molecule has 1 heterocycles. The smallest absolute Gasteiger partial charge is 0.123 e. The molecule has 0 aliphatic rings. The van der Waals surface area contributed by atoms with Crippen LogP contribution in [0.3, 0.4) is 0 Å². The van der Waals surface area contributed by atoms with Gasteiger partial charge in [0.05, 0.1) is 17.3 Å². The van der Waals surface area contributed by atoms with E-state index in [1.807, 2.05) is 24.3 Å². The minimum Gasteiger partial charge on any atom is -0.392 e. The third-order valence-corrected chi connectivity index (χ3v) is 3.79. The van der Waals surface area contributed by atoms with Gasteiger partial charge in [-0.15, -0.1) is 11.8 Å². The summed E-state index contributed by atoms with van der Waals surface area (Å²) in [4.78, 5) is 5.31. The summed E-state index contributed by atoms with van der Waals surface area (Å²) < 4.78 is 0. The van der Waals surface area contributed by atoms with Crippen molar-refractivity contribution in [2.75, 3.05) is 5.73 Å². The average molecular weight is 281 g/mol. The Balaban J connectivity index is 2.04. The van der Waals surface area contributed by atoms with Gasteiger partial charge in [-0.05, 0) is 29.8 Å². The Morgan fingerprint density at radius 2 is 1.89 bits per heavy atom. The zero-order valence-corrected chi connectivity index (χ0v) is 11.2. The molecule has 5 heteroatoms. The molecule has 0 atom stereocenters. The molecule has 1 aromatic carbocycles. The minimum absolute atomic E-state index is 0.0630. The molecule has 0 amide bonds. The van der Waals surface area contributed by atoms with Crippen LogP contribution in [0.25, 0.3) is 0 Å². The molecular weight excluding hydrogens is 268 g/mol. The van der Waals surface area contributed by atoms with Crippen LogP contribution in [-0.4, -0.2) is 10.1 Å². The van der Waals surface area contributed by atoms with E-state index >= 15 is 0 Å². The van der Waals surface area contributed by atoms with Gasteiger partial charge < -0.3 is 10.8 Å². The van der Waals surface area contributed by atoms with Crippen molar-refractivity contribution in [1.82, 2.24) is 4.98 Å². The molecule has 0 saturated heterocycles. The summed E-state index contributed by atoms with van der Waals surface area (Å²) in [6.45, 7) is 0.0630. The maximum absolute atomic E-state index is 8.96. The highest BCUT2D eigenvalue weighted by Gasteiger charge is 2.04. The van der Waals surface area contributed by atoms with Crippen molar-refractivity contribution >= 4 is 29.2 Å². The Morgan fingerprint density at radius 3 is 2.56 bits per heavy atom. The Morgan fingerprint density at radius 1 is 1.17 bits per heavy atom. The second-order valence-electron chi connectivity index (χ2n) is 3.76. The first-order valence-electron chi connectivity index (χ1n) is 5.42. The van der Waals surface area contributed by atoms with E-state index in [1.54, 1.807) is 23.9 Å². The predicted octanol–water partition coefficient (Wildman–Crippen LogP) is 3.10. The van der Waals surface area contributed by atoms with Crippen LogP contribution in [0.2, 0.25) is 5.02 Å². The molecule has 3 N–H and O–H groups in total. The van der Waals surface area contributed by atoms with Crippen molar-refractivity contribution in [3.05, 3.63) is 52.7 Å². The number of benzene rings is 1. The summed E-state index contributed by atoms with van der Waals surface area (Å²) in [7, 11) is 0. The average Bonchev–Trinajstić information content (AvgIpc) is 2.40. The van der Waals surface area contributed by atoms with Crippen molar-refractivity contribution in [2.45, 2.75) is 17.3 Å². The van der Waals surface area contributed by atoms with E-state index < -0.39 is 0 Å². The van der Waals surface area contributed by atoms with Gasteiger partial charge in [0.25, 0.3) is 0 Å². The van der Waals surface area contributed by atoms with E-state index in [0.717, 1.165) is 16.2 Å². The zero-order valence-electron chi connectivity index (χ0n) is 9.64. The normalized spacial score (nSPS) is 10.6. The van der Waals surface area contributed by atoms with E-state index in [9.17, 15) is 0 Å². The molecule has 0 fully saturated rings. The van der Waals surface area contributed by atoms with Crippen LogP contribution in [0.4, 0.5) is 5.82 Å². The lowest BCUT2D eigenvalue weighted by molar-refractivity contribution is 0.282. The zero-order chi connectivity index (χ0) is 13.0. The highest BCUT2D eigenvalue weighted by Crippen LogP contribution is 2.26. The second-order valence-corrected chi connectivity index (χ2v) is 5.21. The first kappa shape index (κ1) is 13.2. The molecule has 1 aromatic heterocycles. The van der Waals surface area contributed by atoms with Gasteiger partial charge in [0.1, 0.15) is 5.82 Å².